The summed E-state index contributed by atoms with van der Waals surface area (Å²) < 4.78 is 5.22. The summed E-state index contributed by atoms with van der Waals surface area (Å²) in [5.74, 6) is 0.360. The Morgan fingerprint density at radius 3 is 2.40 bits per heavy atom. The van der Waals surface area contributed by atoms with E-state index < -0.39 is 0 Å². The fraction of sp³-hybridized carbons (Fsp3) is 0.143. The Labute approximate surface area is 146 Å². The number of fused-ring (bicyclic) bond motifs is 2. The molecule has 25 heavy (non-hydrogen) atoms. The van der Waals surface area contributed by atoms with Crippen molar-refractivity contribution in [2.45, 2.75) is 12.8 Å². The quantitative estimate of drug-likeness (QED) is 0.911. The second-order valence-corrected chi connectivity index (χ2v) is 6.15. The molecule has 2 aromatic rings. The number of hydrogen-bond donors (Lipinski definition) is 1. The fourth-order valence-corrected chi connectivity index (χ4v) is 3.61. The van der Waals surface area contributed by atoms with Crippen LogP contribution in [0.15, 0.2) is 65.4 Å². The van der Waals surface area contributed by atoms with Gasteiger partial charge in [-0.05, 0) is 24.6 Å². The monoisotopic (exact) mass is 328 g/mol. The van der Waals surface area contributed by atoms with E-state index in [0.29, 0.717) is 16.7 Å². The fourth-order valence-electron chi connectivity index (χ4n) is 3.61. The highest BCUT2D eigenvalue weighted by Gasteiger charge is 2.40. The van der Waals surface area contributed by atoms with E-state index in [1.165, 1.54) is 0 Å². The predicted molar refractivity (Wildman–Crippen MR) is 94.9 cm³/mol. The zero-order valence-electron chi connectivity index (χ0n) is 14.0. The number of benzene rings is 2. The Hall–Kier alpha value is -3.32. The second kappa shape index (κ2) is 5.64. The molecule has 1 aliphatic heterocycles. The third-order valence-electron chi connectivity index (χ3n) is 4.82. The maximum absolute atomic E-state index is 13.1. The number of carbonyl (C=O) groups excluding carboxylic acids is 1. The number of nitrogens with one attached hydrogen (secondary N) is 1. The zero-order valence-corrected chi connectivity index (χ0v) is 14.0. The molecule has 0 saturated heterocycles. The molecule has 2 aliphatic rings. The molecular formula is C21H16N2O2. The summed E-state index contributed by atoms with van der Waals surface area (Å²) in [6, 6.07) is 17.4. The summed E-state index contributed by atoms with van der Waals surface area (Å²) in [6.07, 6.45) is 0. The van der Waals surface area contributed by atoms with Crippen LogP contribution in [0.2, 0.25) is 0 Å². The molecule has 1 aliphatic carbocycles. The predicted octanol–water partition coefficient (Wildman–Crippen LogP) is 3.79. The van der Waals surface area contributed by atoms with Crippen molar-refractivity contribution in [1.82, 2.24) is 5.32 Å². The first kappa shape index (κ1) is 15.2. The van der Waals surface area contributed by atoms with Crippen molar-refractivity contribution >= 4 is 11.5 Å². The van der Waals surface area contributed by atoms with Crippen molar-refractivity contribution in [3.63, 3.8) is 0 Å². The highest BCUT2D eigenvalue weighted by atomic mass is 16.5. The first-order valence-electron chi connectivity index (χ1n) is 8.05. The van der Waals surface area contributed by atoms with E-state index in [1.807, 2.05) is 55.5 Å². The van der Waals surface area contributed by atoms with Crippen molar-refractivity contribution in [2.75, 3.05) is 7.11 Å². The minimum absolute atomic E-state index is 0.0147. The number of allylic oxidation sites excluding steroid dienone is 3. The number of hydrogen-bond acceptors (Lipinski definition) is 4. The van der Waals surface area contributed by atoms with Crippen LogP contribution in [-0.4, -0.2) is 12.9 Å². The Kier molecular flexibility index (Phi) is 3.43. The molecule has 4 nitrogen and oxygen atoms in total. The van der Waals surface area contributed by atoms with Crippen LogP contribution in [0.3, 0.4) is 0 Å². The lowest BCUT2D eigenvalue weighted by Gasteiger charge is -2.27. The van der Waals surface area contributed by atoms with Crippen LogP contribution in [0, 0.1) is 11.3 Å². The Morgan fingerprint density at radius 1 is 1.08 bits per heavy atom. The summed E-state index contributed by atoms with van der Waals surface area (Å²) in [5.41, 5.74) is 5.32. The van der Waals surface area contributed by atoms with Gasteiger partial charge >= 0.3 is 0 Å². The molecule has 0 aromatic heterocycles. The molecule has 1 N–H and O–H groups in total. The molecule has 1 unspecified atom stereocenters. The average Bonchev–Trinajstić information content (AvgIpc) is 2.93. The van der Waals surface area contributed by atoms with Gasteiger partial charge in [-0.1, -0.05) is 36.4 Å². The van der Waals surface area contributed by atoms with Gasteiger partial charge in [-0.15, -0.1) is 0 Å². The molecule has 2 aromatic carbocycles. The number of ether oxygens (including phenoxy) is 1. The number of Topliss-reactive ketones (excluding diaryl/α,β-unsaturated/α-hetero) is 1. The van der Waals surface area contributed by atoms with Gasteiger partial charge in [-0.2, -0.15) is 5.26 Å². The van der Waals surface area contributed by atoms with Crippen molar-refractivity contribution in [3.8, 4) is 11.8 Å². The molecule has 0 spiro atoms. The largest absolute Gasteiger partial charge is 0.497 e. The maximum Gasteiger partial charge on any atom is 0.192 e. The van der Waals surface area contributed by atoms with Gasteiger partial charge in [0.15, 0.2) is 5.78 Å². The summed E-state index contributed by atoms with van der Waals surface area (Å²) in [5, 5.41) is 13.0. The zero-order chi connectivity index (χ0) is 17.6. The molecule has 1 heterocycles. The van der Waals surface area contributed by atoms with Gasteiger partial charge < -0.3 is 10.1 Å². The number of ketones is 1. The molecular weight excluding hydrogens is 312 g/mol. The number of rotatable bonds is 2. The van der Waals surface area contributed by atoms with Crippen LogP contribution in [-0.2, 0) is 0 Å². The van der Waals surface area contributed by atoms with Crippen molar-refractivity contribution < 1.29 is 9.53 Å². The van der Waals surface area contributed by atoms with Gasteiger partial charge in [0.2, 0.25) is 0 Å². The van der Waals surface area contributed by atoms with Gasteiger partial charge in [0.25, 0.3) is 0 Å². The number of dihydropyridines is 1. The third-order valence-corrected chi connectivity index (χ3v) is 4.82. The van der Waals surface area contributed by atoms with E-state index in [0.717, 1.165) is 28.3 Å². The highest BCUT2D eigenvalue weighted by Crippen LogP contribution is 2.46. The molecule has 0 amide bonds. The van der Waals surface area contributed by atoms with Crippen LogP contribution < -0.4 is 10.1 Å². The van der Waals surface area contributed by atoms with E-state index in [9.17, 15) is 10.1 Å². The van der Waals surface area contributed by atoms with E-state index in [-0.39, 0.29) is 11.7 Å². The molecule has 122 valence electrons. The van der Waals surface area contributed by atoms with Crippen LogP contribution >= 0.6 is 0 Å². The lowest BCUT2D eigenvalue weighted by molar-refractivity contribution is 0.103. The average molecular weight is 328 g/mol. The minimum Gasteiger partial charge on any atom is -0.497 e. The summed E-state index contributed by atoms with van der Waals surface area (Å²) in [4.78, 5) is 13.1. The highest BCUT2D eigenvalue weighted by molar-refractivity contribution is 6.22. The number of nitrogens with zero attached hydrogens (tertiary/aromatic N) is 1. The van der Waals surface area contributed by atoms with Gasteiger partial charge in [-0.3, -0.25) is 4.79 Å². The molecule has 4 rings (SSSR count). The first-order chi connectivity index (χ1) is 12.2. The molecule has 0 saturated carbocycles. The number of nitriles is 1. The smallest absolute Gasteiger partial charge is 0.192 e. The minimum atomic E-state index is -0.368. The molecule has 0 bridgehead atoms. The van der Waals surface area contributed by atoms with Crippen molar-refractivity contribution in [3.05, 3.63) is 82.1 Å². The summed E-state index contributed by atoms with van der Waals surface area (Å²) in [6.45, 7) is 1.88. The van der Waals surface area contributed by atoms with Crippen LogP contribution in [0.1, 0.15) is 34.3 Å². The topological polar surface area (TPSA) is 62.1 Å². The number of methoxy groups -OCH3 is 1. The second-order valence-electron chi connectivity index (χ2n) is 6.15. The standard InChI is InChI=1S/C21H16N2O2/c1-12-17(11-22)18(13-7-9-14(25-2)10-8-13)19-20(23-12)15-5-3-4-6-16(15)21(19)24/h3-10,18,23H,1-2H3. The number of carbonyl (C=O) groups is 1. The van der Waals surface area contributed by atoms with Gasteiger partial charge in [-0.25, -0.2) is 0 Å². The molecule has 0 radical (unpaired) electrons. The van der Waals surface area contributed by atoms with E-state index in [1.54, 1.807) is 7.11 Å². The Balaban J connectivity index is 1.92. The molecule has 4 heteroatoms. The van der Waals surface area contributed by atoms with Crippen LogP contribution in [0.4, 0.5) is 0 Å². The van der Waals surface area contributed by atoms with Crippen LogP contribution in [0.25, 0.3) is 5.70 Å². The third kappa shape index (κ3) is 2.17. The van der Waals surface area contributed by atoms with Crippen molar-refractivity contribution in [1.29, 1.82) is 5.26 Å². The normalized spacial score (nSPS) is 18.4. The SMILES string of the molecule is COc1ccc(C2C(C#N)=C(C)NC3=C2C(=O)c2ccccc23)cc1. The van der Waals surface area contributed by atoms with Crippen LogP contribution in [0.5, 0.6) is 5.75 Å². The lowest BCUT2D eigenvalue weighted by Crippen LogP contribution is -2.24. The van der Waals surface area contributed by atoms with E-state index in [4.69, 9.17) is 4.74 Å². The molecule has 0 fully saturated rings. The Morgan fingerprint density at radius 2 is 1.76 bits per heavy atom. The van der Waals surface area contributed by atoms with Gasteiger partial charge in [0.1, 0.15) is 5.75 Å². The Bertz CT molecular complexity index is 991. The maximum atomic E-state index is 13.1. The van der Waals surface area contributed by atoms with E-state index in [2.05, 4.69) is 11.4 Å². The van der Waals surface area contributed by atoms with Gasteiger partial charge in [0, 0.05) is 22.4 Å². The summed E-state index contributed by atoms with van der Waals surface area (Å²) in [7, 11) is 1.61. The lowest BCUT2D eigenvalue weighted by atomic mass is 9.80. The molecule has 1 atom stereocenters. The van der Waals surface area contributed by atoms with Gasteiger partial charge in [0.05, 0.1) is 30.4 Å². The summed E-state index contributed by atoms with van der Waals surface area (Å²) >= 11 is 0. The van der Waals surface area contributed by atoms with Crippen molar-refractivity contribution in [2.24, 2.45) is 0 Å². The van der Waals surface area contributed by atoms with E-state index >= 15 is 0 Å². The first-order valence-corrected chi connectivity index (χ1v) is 8.05.